The number of anilines is 1. The zero-order valence-corrected chi connectivity index (χ0v) is 17.9. The molecular weight excluding hydrogens is 432 g/mol. The van der Waals surface area contributed by atoms with Crippen LogP contribution in [0.1, 0.15) is 33.3 Å². The number of pyridine rings is 1. The number of nitrogens with zero attached hydrogens (tertiary/aromatic N) is 2. The molecule has 0 bridgehead atoms. The highest BCUT2D eigenvalue weighted by Gasteiger charge is 2.44. The molecule has 4 aromatic rings. The van der Waals surface area contributed by atoms with E-state index in [9.17, 15) is 14.7 Å². The van der Waals surface area contributed by atoms with Crippen molar-refractivity contribution in [3.05, 3.63) is 92.4 Å². The number of carbonyl (C=O) groups is 1. The predicted molar refractivity (Wildman–Crippen MR) is 120 cm³/mol. The molecule has 2 aromatic heterocycles. The maximum Gasteiger partial charge on any atom is 0.296 e. The SMILES string of the molecule is COc1cc(C2c3c(oc4ccc(Cl)cc4c3=O)C(=O)N2c2ccc(C)cn2)ccc1O. The Labute approximate surface area is 187 Å². The van der Waals surface area contributed by atoms with Crippen LogP contribution in [0.3, 0.4) is 0 Å². The fourth-order valence-corrected chi connectivity index (χ4v) is 4.14. The van der Waals surface area contributed by atoms with Crippen LogP contribution < -0.4 is 15.1 Å². The van der Waals surface area contributed by atoms with E-state index in [0.717, 1.165) is 5.56 Å². The Balaban J connectivity index is 1.82. The Kier molecular flexibility index (Phi) is 4.64. The number of amides is 1. The summed E-state index contributed by atoms with van der Waals surface area (Å²) in [6.07, 6.45) is 1.64. The Hall–Kier alpha value is -3.84. The molecular formula is C24H17ClN2O5. The molecule has 0 aliphatic carbocycles. The molecule has 1 aliphatic rings. The van der Waals surface area contributed by atoms with Gasteiger partial charge in [-0.25, -0.2) is 4.98 Å². The smallest absolute Gasteiger partial charge is 0.296 e. The Morgan fingerprint density at radius 2 is 1.94 bits per heavy atom. The average Bonchev–Trinajstić information content (AvgIpc) is 3.08. The second-order valence-electron chi connectivity index (χ2n) is 7.52. The maximum absolute atomic E-state index is 13.6. The van der Waals surface area contributed by atoms with Gasteiger partial charge >= 0.3 is 0 Å². The summed E-state index contributed by atoms with van der Waals surface area (Å²) in [4.78, 5) is 32.9. The van der Waals surface area contributed by atoms with E-state index in [1.807, 2.05) is 13.0 Å². The van der Waals surface area contributed by atoms with Gasteiger partial charge in [0.1, 0.15) is 11.4 Å². The first-order valence-electron chi connectivity index (χ1n) is 9.78. The summed E-state index contributed by atoms with van der Waals surface area (Å²) in [7, 11) is 1.43. The molecule has 0 fully saturated rings. The number of hydrogen-bond acceptors (Lipinski definition) is 6. The van der Waals surface area contributed by atoms with Gasteiger partial charge in [-0.1, -0.05) is 23.7 Å². The quantitative estimate of drug-likeness (QED) is 0.492. The number of phenols is 1. The van der Waals surface area contributed by atoms with Crippen LogP contribution in [0.2, 0.25) is 5.02 Å². The van der Waals surface area contributed by atoms with Crippen molar-refractivity contribution < 1.29 is 19.1 Å². The minimum Gasteiger partial charge on any atom is -0.504 e. The normalized spacial score (nSPS) is 15.3. The number of halogens is 1. The van der Waals surface area contributed by atoms with Gasteiger partial charge in [-0.05, 0) is 54.4 Å². The molecule has 7 nitrogen and oxygen atoms in total. The Morgan fingerprint density at radius 1 is 1.12 bits per heavy atom. The standard InChI is InChI=1S/C24H17ClN2O5/c1-12-3-8-19(26-11-12)27-21(13-4-6-16(28)18(9-13)31-2)20-22(29)15-10-14(25)5-7-17(15)32-23(20)24(27)30/h3-11,21,28H,1-2H3. The van der Waals surface area contributed by atoms with E-state index in [1.165, 1.54) is 24.1 Å². The molecule has 0 radical (unpaired) electrons. The van der Waals surface area contributed by atoms with Crippen LogP contribution in [0.15, 0.2) is 63.9 Å². The summed E-state index contributed by atoms with van der Waals surface area (Å²) in [6.45, 7) is 1.89. The molecule has 5 rings (SSSR count). The number of aromatic hydroxyl groups is 1. The van der Waals surface area contributed by atoms with Gasteiger partial charge in [0.15, 0.2) is 16.9 Å². The Morgan fingerprint density at radius 3 is 2.66 bits per heavy atom. The summed E-state index contributed by atoms with van der Waals surface area (Å²) in [6, 6.07) is 12.1. The lowest BCUT2D eigenvalue weighted by molar-refractivity contribution is 0.0970. The van der Waals surface area contributed by atoms with Crippen LogP contribution in [-0.4, -0.2) is 23.1 Å². The number of carbonyl (C=O) groups excluding carboxylic acids is 1. The van der Waals surface area contributed by atoms with E-state index >= 15 is 0 Å². The van der Waals surface area contributed by atoms with Crippen LogP contribution in [0.5, 0.6) is 11.5 Å². The number of benzene rings is 2. The fraction of sp³-hybridized carbons (Fsp3) is 0.125. The summed E-state index contributed by atoms with van der Waals surface area (Å²) in [5.74, 6) is -0.0105. The first kappa shape index (κ1) is 20.1. The highest BCUT2D eigenvalue weighted by atomic mass is 35.5. The van der Waals surface area contributed by atoms with E-state index in [-0.39, 0.29) is 39.2 Å². The number of ether oxygens (including phenoxy) is 1. The highest BCUT2D eigenvalue weighted by molar-refractivity contribution is 6.31. The van der Waals surface area contributed by atoms with Crippen LogP contribution in [0, 0.1) is 6.92 Å². The van der Waals surface area contributed by atoms with Gasteiger partial charge < -0.3 is 14.3 Å². The minimum absolute atomic E-state index is 0.0516. The summed E-state index contributed by atoms with van der Waals surface area (Å²) < 4.78 is 11.1. The third-order valence-electron chi connectivity index (χ3n) is 5.49. The highest BCUT2D eigenvalue weighted by Crippen LogP contribution is 2.42. The van der Waals surface area contributed by atoms with Gasteiger partial charge in [-0.15, -0.1) is 0 Å². The number of rotatable bonds is 3. The first-order valence-corrected chi connectivity index (χ1v) is 10.2. The van der Waals surface area contributed by atoms with Crippen molar-refractivity contribution in [1.29, 1.82) is 0 Å². The molecule has 8 heteroatoms. The maximum atomic E-state index is 13.6. The van der Waals surface area contributed by atoms with E-state index in [2.05, 4.69) is 4.98 Å². The molecule has 0 spiro atoms. The third-order valence-corrected chi connectivity index (χ3v) is 5.73. The summed E-state index contributed by atoms with van der Waals surface area (Å²) >= 11 is 6.11. The number of aromatic nitrogens is 1. The van der Waals surface area contributed by atoms with Crippen molar-refractivity contribution >= 4 is 34.3 Å². The third kappa shape index (κ3) is 3.01. The molecule has 2 aromatic carbocycles. The molecule has 1 N–H and O–H groups in total. The molecule has 160 valence electrons. The van der Waals surface area contributed by atoms with E-state index < -0.39 is 11.9 Å². The van der Waals surface area contributed by atoms with E-state index in [0.29, 0.717) is 16.4 Å². The Bertz CT molecular complexity index is 1450. The van der Waals surface area contributed by atoms with Crippen LogP contribution in [0.4, 0.5) is 5.82 Å². The van der Waals surface area contributed by atoms with Crippen molar-refractivity contribution in [2.24, 2.45) is 0 Å². The number of phenolic OH excluding ortho intramolecular Hbond substituents is 1. The molecule has 1 amide bonds. The van der Waals surface area contributed by atoms with E-state index in [1.54, 1.807) is 36.5 Å². The molecule has 1 aliphatic heterocycles. The van der Waals surface area contributed by atoms with Gasteiger partial charge in [-0.2, -0.15) is 0 Å². The summed E-state index contributed by atoms with van der Waals surface area (Å²) in [5, 5.41) is 10.7. The largest absolute Gasteiger partial charge is 0.504 e. The van der Waals surface area contributed by atoms with Crippen LogP contribution in [0.25, 0.3) is 11.0 Å². The lowest BCUT2D eigenvalue weighted by atomic mass is 9.98. The van der Waals surface area contributed by atoms with Crippen molar-refractivity contribution in [2.45, 2.75) is 13.0 Å². The van der Waals surface area contributed by atoms with Crippen molar-refractivity contribution in [2.75, 3.05) is 12.0 Å². The van der Waals surface area contributed by atoms with E-state index in [4.69, 9.17) is 20.8 Å². The second kappa shape index (κ2) is 7.39. The van der Waals surface area contributed by atoms with Crippen molar-refractivity contribution in [3.63, 3.8) is 0 Å². The van der Waals surface area contributed by atoms with Crippen molar-refractivity contribution in [3.8, 4) is 11.5 Å². The molecule has 0 saturated carbocycles. The van der Waals surface area contributed by atoms with Gasteiger partial charge in [0.25, 0.3) is 5.91 Å². The fourth-order valence-electron chi connectivity index (χ4n) is 3.96. The average molecular weight is 449 g/mol. The van der Waals surface area contributed by atoms with Gasteiger partial charge in [-0.3, -0.25) is 14.5 Å². The van der Waals surface area contributed by atoms with Crippen LogP contribution in [-0.2, 0) is 0 Å². The second-order valence-corrected chi connectivity index (χ2v) is 7.95. The van der Waals surface area contributed by atoms with Crippen molar-refractivity contribution in [1.82, 2.24) is 4.98 Å². The molecule has 1 atom stereocenters. The lowest BCUT2D eigenvalue weighted by Gasteiger charge is -2.24. The van der Waals surface area contributed by atoms with Gasteiger partial charge in [0.05, 0.1) is 24.1 Å². The number of fused-ring (bicyclic) bond motifs is 2. The zero-order chi connectivity index (χ0) is 22.6. The lowest BCUT2D eigenvalue weighted by Crippen LogP contribution is -2.30. The van der Waals surface area contributed by atoms with Gasteiger partial charge in [0.2, 0.25) is 5.76 Å². The number of methoxy groups -OCH3 is 1. The number of hydrogen-bond donors (Lipinski definition) is 1. The molecule has 1 unspecified atom stereocenters. The molecule has 3 heterocycles. The molecule has 0 saturated heterocycles. The first-order chi connectivity index (χ1) is 15.4. The molecule has 32 heavy (non-hydrogen) atoms. The van der Waals surface area contributed by atoms with Gasteiger partial charge in [0, 0.05) is 11.2 Å². The topological polar surface area (TPSA) is 92.9 Å². The minimum atomic E-state index is -0.832. The zero-order valence-electron chi connectivity index (χ0n) is 17.1. The predicted octanol–water partition coefficient (Wildman–Crippen LogP) is 4.61. The number of aryl methyl sites for hydroxylation is 1. The summed E-state index contributed by atoms with van der Waals surface area (Å²) in [5.41, 5.74) is 1.58. The van der Waals surface area contributed by atoms with Crippen LogP contribution >= 0.6 is 11.6 Å². The monoisotopic (exact) mass is 448 g/mol.